The predicted molar refractivity (Wildman–Crippen MR) is 90.8 cm³/mol. The van der Waals surface area contributed by atoms with Crippen LogP contribution in [0.2, 0.25) is 0 Å². The number of hydrogen-bond donors (Lipinski definition) is 2. The molecule has 0 radical (unpaired) electrons. The molecule has 7 heteroatoms. The van der Waals surface area contributed by atoms with Crippen molar-refractivity contribution < 1.29 is 19.0 Å². The monoisotopic (exact) mass is 344 g/mol. The number of nitrogens with one attached hydrogen (secondary N) is 1. The lowest BCUT2D eigenvalue weighted by atomic mass is 9.95. The summed E-state index contributed by atoms with van der Waals surface area (Å²) >= 11 is 0. The SMILES string of the molecule is CC1COc2c(C3=CCNCC3)c(F)cc3c(=O)c(C(=O)O)cn1c23. The summed E-state index contributed by atoms with van der Waals surface area (Å²) in [6.07, 6.45) is 3.91. The Morgan fingerprint density at radius 1 is 1.48 bits per heavy atom. The quantitative estimate of drug-likeness (QED) is 0.873. The number of carbonyl (C=O) groups is 1. The van der Waals surface area contributed by atoms with Crippen LogP contribution in [0, 0.1) is 5.82 Å². The number of aromatic carboxylic acids is 1. The van der Waals surface area contributed by atoms with Gasteiger partial charge in [-0.25, -0.2) is 9.18 Å². The zero-order valence-electron chi connectivity index (χ0n) is 13.6. The molecule has 2 aliphatic rings. The molecule has 2 aromatic rings. The summed E-state index contributed by atoms with van der Waals surface area (Å²) in [5.41, 5.74) is 0.619. The van der Waals surface area contributed by atoms with Crippen molar-refractivity contribution in [3.05, 3.63) is 45.5 Å². The topological polar surface area (TPSA) is 80.6 Å². The van der Waals surface area contributed by atoms with E-state index in [1.54, 1.807) is 4.57 Å². The van der Waals surface area contributed by atoms with E-state index in [2.05, 4.69) is 5.32 Å². The molecule has 130 valence electrons. The van der Waals surface area contributed by atoms with Crippen LogP contribution in [0.3, 0.4) is 0 Å². The molecule has 6 nitrogen and oxygen atoms in total. The average Bonchev–Trinajstić information content (AvgIpc) is 2.60. The van der Waals surface area contributed by atoms with Crippen molar-refractivity contribution in [2.45, 2.75) is 19.4 Å². The molecule has 3 heterocycles. The molecule has 25 heavy (non-hydrogen) atoms. The Bertz CT molecular complexity index is 993. The van der Waals surface area contributed by atoms with Crippen LogP contribution in [0.15, 0.2) is 23.1 Å². The Kier molecular flexibility index (Phi) is 3.61. The molecule has 1 unspecified atom stereocenters. The molecule has 0 bridgehead atoms. The second kappa shape index (κ2) is 5.70. The molecular weight excluding hydrogens is 327 g/mol. The summed E-state index contributed by atoms with van der Waals surface area (Å²) in [6, 6.07) is 0.984. The van der Waals surface area contributed by atoms with E-state index in [0.717, 1.165) is 18.2 Å². The number of benzene rings is 1. The van der Waals surface area contributed by atoms with Gasteiger partial charge in [-0.1, -0.05) is 6.08 Å². The second-order valence-electron chi connectivity index (χ2n) is 6.39. The lowest BCUT2D eigenvalue weighted by Gasteiger charge is -2.29. The summed E-state index contributed by atoms with van der Waals surface area (Å²) in [5.74, 6) is -1.55. The van der Waals surface area contributed by atoms with Gasteiger partial charge in [-0.05, 0) is 31.5 Å². The van der Waals surface area contributed by atoms with Gasteiger partial charge in [0.05, 0.1) is 22.5 Å². The minimum absolute atomic E-state index is 0.0391. The van der Waals surface area contributed by atoms with Gasteiger partial charge in [0, 0.05) is 12.7 Å². The molecule has 2 N–H and O–H groups in total. The highest BCUT2D eigenvalue weighted by atomic mass is 19.1. The number of rotatable bonds is 2. The van der Waals surface area contributed by atoms with Gasteiger partial charge >= 0.3 is 5.97 Å². The van der Waals surface area contributed by atoms with Crippen molar-refractivity contribution in [3.63, 3.8) is 0 Å². The third-order valence-corrected chi connectivity index (χ3v) is 4.78. The fourth-order valence-corrected chi connectivity index (χ4v) is 3.53. The molecule has 0 fully saturated rings. The molecule has 1 aromatic carbocycles. The first kappa shape index (κ1) is 15.8. The van der Waals surface area contributed by atoms with Crippen molar-refractivity contribution in [1.29, 1.82) is 0 Å². The lowest BCUT2D eigenvalue weighted by molar-refractivity contribution is 0.0694. The van der Waals surface area contributed by atoms with Gasteiger partial charge in [-0.3, -0.25) is 4.79 Å². The second-order valence-corrected chi connectivity index (χ2v) is 6.39. The number of halogens is 1. The normalized spacial score (nSPS) is 19.4. The number of carboxylic acids is 1. The van der Waals surface area contributed by atoms with Crippen LogP contribution in [0.5, 0.6) is 5.75 Å². The van der Waals surface area contributed by atoms with Crippen molar-refractivity contribution in [1.82, 2.24) is 9.88 Å². The number of hydrogen-bond acceptors (Lipinski definition) is 4. The van der Waals surface area contributed by atoms with E-state index in [1.165, 1.54) is 6.20 Å². The number of nitrogens with zero attached hydrogens (tertiary/aromatic N) is 1. The minimum atomic E-state index is -1.32. The first-order chi connectivity index (χ1) is 12.0. The van der Waals surface area contributed by atoms with Gasteiger partial charge < -0.3 is 19.7 Å². The number of pyridine rings is 1. The number of carboxylic acid groups (broad SMARTS) is 1. The standard InChI is InChI=1S/C18H17FN2O4/c1-9-8-25-17-14(10-2-4-20-5-3-10)13(19)6-11-15(17)21(9)7-12(16(11)22)18(23)24/h2,6-7,9,20H,3-5,8H2,1H3,(H,23,24). The lowest BCUT2D eigenvalue weighted by Crippen LogP contribution is -2.27. The maximum absolute atomic E-state index is 14.9. The predicted octanol–water partition coefficient (Wildman–Crippen LogP) is 2.17. The minimum Gasteiger partial charge on any atom is -0.488 e. The van der Waals surface area contributed by atoms with Gasteiger partial charge in [0.2, 0.25) is 5.43 Å². The molecule has 1 atom stereocenters. The van der Waals surface area contributed by atoms with Crippen LogP contribution in [-0.2, 0) is 0 Å². The Morgan fingerprint density at radius 2 is 2.28 bits per heavy atom. The summed E-state index contributed by atoms with van der Waals surface area (Å²) in [7, 11) is 0. The van der Waals surface area contributed by atoms with E-state index >= 15 is 0 Å². The fraction of sp³-hybridized carbons (Fsp3) is 0.333. The maximum Gasteiger partial charge on any atom is 0.341 e. The van der Waals surface area contributed by atoms with Crippen LogP contribution in [-0.4, -0.2) is 35.3 Å². The molecule has 0 saturated carbocycles. The fourth-order valence-electron chi connectivity index (χ4n) is 3.53. The van der Waals surface area contributed by atoms with Gasteiger partial charge in [-0.15, -0.1) is 0 Å². The van der Waals surface area contributed by atoms with Crippen molar-refractivity contribution >= 4 is 22.4 Å². The van der Waals surface area contributed by atoms with E-state index in [4.69, 9.17) is 4.74 Å². The first-order valence-corrected chi connectivity index (χ1v) is 8.16. The molecule has 2 aliphatic heterocycles. The maximum atomic E-state index is 14.9. The Balaban J connectivity index is 2.12. The van der Waals surface area contributed by atoms with E-state index in [1.807, 2.05) is 13.0 Å². The summed E-state index contributed by atoms with van der Waals surface area (Å²) in [6.45, 7) is 3.54. The Labute approximate surface area is 142 Å². The third kappa shape index (κ3) is 2.34. The first-order valence-electron chi connectivity index (χ1n) is 8.16. The summed E-state index contributed by atoms with van der Waals surface area (Å²) < 4.78 is 22.4. The highest BCUT2D eigenvalue weighted by Crippen LogP contribution is 2.40. The van der Waals surface area contributed by atoms with E-state index in [0.29, 0.717) is 29.8 Å². The Hall–Kier alpha value is -2.67. The molecular formula is C18H17FN2O4. The van der Waals surface area contributed by atoms with Crippen LogP contribution >= 0.6 is 0 Å². The van der Waals surface area contributed by atoms with Crippen LogP contribution in [0.1, 0.15) is 35.3 Å². The molecule has 1 aromatic heterocycles. The van der Waals surface area contributed by atoms with Gasteiger partial charge in [0.25, 0.3) is 0 Å². The zero-order valence-corrected chi connectivity index (χ0v) is 13.6. The van der Waals surface area contributed by atoms with Crippen molar-refractivity contribution in [2.75, 3.05) is 19.7 Å². The van der Waals surface area contributed by atoms with Gasteiger partial charge in [-0.2, -0.15) is 0 Å². The molecule has 0 saturated heterocycles. The highest BCUT2D eigenvalue weighted by Gasteiger charge is 2.29. The van der Waals surface area contributed by atoms with Gasteiger partial charge in [0.15, 0.2) is 5.75 Å². The average molecular weight is 344 g/mol. The highest BCUT2D eigenvalue weighted by molar-refractivity contribution is 5.97. The number of aromatic nitrogens is 1. The summed E-state index contributed by atoms with van der Waals surface area (Å²) in [4.78, 5) is 23.9. The Morgan fingerprint density at radius 3 is 2.96 bits per heavy atom. The number of ether oxygens (including phenoxy) is 1. The van der Waals surface area contributed by atoms with E-state index in [9.17, 15) is 19.1 Å². The smallest absolute Gasteiger partial charge is 0.341 e. The molecule has 4 rings (SSSR count). The van der Waals surface area contributed by atoms with Crippen LogP contribution < -0.4 is 15.5 Å². The molecule has 0 aliphatic carbocycles. The van der Waals surface area contributed by atoms with Crippen LogP contribution in [0.4, 0.5) is 4.39 Å². The summed E-state index contributed by atoms with van der Waals surface area (Å²) in [5, 5.41) is 12.5. The van der Waals surface area contributed by atoms with Crippen LogP contribution in [0.25, 0.3) is 16.5 Å². The third-order valence-electron chi connectivity index (χ3n) is 4.78. The zero-order chi connectivity index (χ0) is 17.7. The van der Waals surface area contributed by atoms with E-state index in [-0.39, 0.29) is 23.6 Å². The van der Waals surface area contributed by atoms with Crippen molar-refractivity contribution in [2.24, 2.45) is 0 Å². The van der Waals surface area contributed by atoms with Gasteiger partial charge in [0.1, 0.15) is 18.0 Å². The molecule has 0 spiro atoms. The van der Waals surface area contributed by atoms with E-state index < -0.39 is 17.2 Å². The largest absolute Gasteiger partial charge is 0.488 e. The molecule has 0 amide bonds. The van der Waals surface area contributed by atoms with Crippen molar-refractivity contribution in [3.8, 4) is 5.75 Å².